The molecule has 0 unspecified atom stereocenters. The van der Waals surface area contributed by atoms with Gasteiger partial charge in [-0.15, -0.1) is 0 Å². The number of imidazole rings is 1. The largest absolute Gasteiger partial charge is 0.339 e. The number of nitrogens with one attached hydrogen (secondary N) is 2. The molecule has 0 saturated heterocycles. The predicted molar refractivity (Wildman–Crippen MR) is 59.5 cm³/mol. The van der Waals surface area contributed by atoms with Crippen molar-refractivity contribution in [2.75, 3.05) is 0 Å². The molecule has 0 bridgehead atoms. The Balaban J connectivity index is 1.71. The smallest absolute Gasteiger partial charge is 0.156 e. The van der Waals surface area contributed by atoms with Crippen molar-refractivity contribution in [1.82, 2.24) is 25.3 Å². The van der Waals surface area contributed by atoms with Crippen LogP contribution in [0.15, 0.2) is 24.8 Å². The zero-order chi connectivity index (χ0) is 10.8. The fourth-order valence-electron chi connectivity index (χ4n) is 1.55. The van der Waals surface area contributed by atoms with Crippen LogP contribution in [0.4, 0.5) is 0 Å². The van der Waals surface area contributed by atoms with E-state index in [9.17, 15) is 0 Å². The maximum Gasteiger partial charge on any atom is 0.156 e. The van der Waals surface area contributed by atoms with E-state index in [1.807, 2.05) is 12.3 Å². The molecule has 0 atom stereocenters. The first-order chi connectivity index (χ1) is 7.92. The maximum atomic E-state index is 4.30. The topological polar surface area (TPSA) is 66.5 Å². The van der Waals surface area contributed by atoms with Gasteiger partial charge in [0.2, 0.25) is 0 Å². The second-order valence-electron chi connectivity index (χ2n) is 4.01. The zero-order valence-corrected chi connectivity index (χ0v) is 8.85. The zero-order valence-electron chi connectivity index (χ0n) is 8.85. The van der Waals surface area contributed by atoms with Crippen molar-refractivity contribution in [3.8, 4) is 11.5 Å². The summed E-state index contributed by atoms with van der Waals surface area (Å²) in [7, 11) is 0. The van der Waals surface area contributed by atoms with Crippen LogP contribution in [0.2, 0.25) is 0 Å². The van der Waals surface area contributed by atoms with Gasteiger partial charge in [0, 0.05) is 24.5 Å². The van der Waals surface area contributed by atoms with Gasteiger partial charge in [-0.25, -0.2) is 15.0 Å². The molecule has 0 spiro atoms. The summed E-state index contributed by atoms with van der Waals surface area (Å²) in [6.07, 6.45) is 7.69. The summed E-state index contributed by atoms with van der Waals surface area (Å²) < 4.78 is 0. The Bertz CT molecular complexity index is 460. The van der Waals surface area contributed by atoms with Crippen LogP contribution >= 0.6 is 0 Å². The van der Waals surface area contributed by atoms with Crippen molar-refractivity contribution >= 4 is 0 Å². The van der Waals surface area contributed by atoms with E-state index in [0.29, 0.717) is 6.04 Å². The van der Waals surface area contributed by atoms with Gasteiger partial charge in [-0.05, 0) is 18.9 Å². The molecule has 1 saturated carbocycles. The number of aromatic amines is 1. The van der Waals surface area contributed by atoms with Gasteiger partial charge >= 0.3 is 0 Å². The minimum absolute atomic E-state index is 0.714. The van der Waals surface area contributed by atoms with Crippen molar-refractivity contribution in [2.45, 2.75) is 25.4 Å². The standard InChI is InChI=1S/C11H13N5/c1-2-8(1)13-5-9-6-14-11(16-9)10-3-4-12-7-15-10/h3-4,6-8,13H,1-2,5H2,(H,14,16). The summed E-state index contributed by atoms with van der Waals surface area (Å²) in [5.74, 6) is 0.801. The van der Waals surface area contributed by atoms with Crippen LogP contribution in [0.1, 0.15) is 18.5 Å². The van der Waals surface area contributed by atoms with E-state index < -0.39 is 0 Å². The number of nitrogens with zero attached hydrogens (tertiary/aromatic N) is 3. The lowest BCUT2D eigenvalue weighted by atomic mass is 10.4. The third-order valence-electron chi connectivity index (χ3n) is 2.61. The van der Waals surface area contributed by atoms with Crippen LogP contribution in [0.3, 0.4) is 0 Å². The summed E-state index contributed by atoms with van der Waals surface area (Å²) in [6, 6.07) is 2.56. The van der Waals surface area contributed by atoms with Gasteiger partial charge in [-0.3, -0.25) is 0 Å². The normalized spacial score (nSPS) is 15.2. The van der Waals surface area contributed by atoms with E-state index in [1.165, 1.54) is 19.2 Å². The predicted octanol–water partition coefficient (Wildman–Crippen LogP) is 1.12. The molecule has 0 radical (unpaired) electrons. The molecule has 5 nitrogen and oxygen atoms in total. The van der Waals surface area contributed by atoms with Gasteiger partial charge in [0.15, 0.2) is 5.82 Å². The Morgan fingerprint density at radius 3 is 3.06 bits per heavy atom. The molecular formula is C11H13N5. The minimum atomic E-state index is 0.714. The van der Waals surface area contributed by atoms with Crippen LogP contribution < -0.4 is 5.32 Å². The average Bonchev–Trinajstić information content (AvgIpc) is 3.05. The third kappa shape index (κ3) is 2.09. The highest BCUT2D eigenvalue weighted by Gasteiger charge is 2.20. The van der Waals surface area contributed by atoms with Crippen LogP contribution in [0.25, 0.3) is 11.5 Å². The summed E-state index contributed by atoms with van der Waals surface area (Å²) in [5.41, 5.74) is 1.92. The van der Waals surface area contributed by atoms with E-state index in [2.05, 4.69) is 25.3 Å². The van der Waals surface area contributed by atoms with Crippen LogP contribution in [-0.4, -0.2) is 26.0 Å². The maximum absolute atomic E-state index is 4.30. The Hall–Kier alpha value is -1.75. The molecule has 1 aliphatic carbocycles. The van der Waals surface area contributed by atoms with Crippen molar-refractivity contribution in [1.29, 1.82) is 0 Å². The first-order valence-corrected chi connectivity index (χ1v) is 5.45. The fraction of sp³-hybridized carbons (Fsp3) is 0.364. The Morgan fingerprint density at radius 1 is 1.38 bits per heavy atom. The SMILES string of the molecule is c1cc(-c2ncc(CNC3CC3)[nH]2)ncn1. The summed E-state index contributed by atoms with van der Waals surface area (Å²) in [4.78, 5) is 15.6. The van der Waals surface area contributed by atoms with Crippen LogP contribution in [-0.2, 0) is 6.54 Å². The molecule has 2 aromatic rings. The monoisotopic (exact) mass is 215 g/mol. The molecule has 0 aromatic carbocycles. The van der Waals surface area contributed by atoms with E-state index in [-0.39, 0.29) is 0 Å². The molecule has 2 heterocycles. The van der Waals surface area contributed by atoms with Gasteiger partial charge in [0.25, 0.3) is 0 Å². The lowest BCUT2D eigenvalue weighted by Crippen LogP contribution is -2.15. The van der Waals surface area contributed by atoms with E-state index in [4.69, 9.17) is 0 Å². The number of hydrogen-bond acceptors (Lipinski definition) is 4. The highest BCUT2D eigenvalue weighted by atomic mass is 15.0. The number of H-pyrrole nitrogens is 1. The van der Waals surface area contributed by atoms with Gasteiger partial charge in [-0.1, -0.05) is 0 Å². The second-order valence-corrected chi connectivity index (χ2v) is 4.01. The fourth-order valence-corrected chi connectivity index (χ4v) is 1.55. The molecule has 2 aromatic heterocycles. The third-order valence-corrected chi connectivity index (χ3v) is 2.61. The highest BCUT2D eigenvalue weighted by molar-refractivity contribution is 5.47. The first-order valence-electron chi connectivity index (χ1n) is 5.45. The molecule has 82 valence electrons. The molecule has 3 rings (SSSR count). The average molecular weight is 215 g/mol. The number of rotatable bonds is 4. The molecule has 0 aliphatic heterocycles. The molecule has 5 heteroatoms. The Morgan fingerprint density at radius 2 is 2.31 bits per heavy atom. The second kappa shape index (κ2) is 4.02. The van der Waals surface area contributed by atoms with E-state index in [0.717, 1.165) is 23.8 Å². The van der Waals surface area contributed by atoms with Gasteiger partial charge in [0.05, 0.1) is 6.20 Å². The number of hydrogen-bond donors (Lipinski definition) is 2. The lowest BCUT2D eigenvalue weighted by molar-refractivity contribution is 0.677. The van der Waals surface area contributed by atoms with Crippen molar-refractivity contribution in [3.05, 3.63) is 30.5 Å². The summed E-state index contributed by atoms with van der Waals surface area (Å²) in [5, 5.41) is 3.43. The Labute approximate surface area is 93.4 Å². The quantitative estimate of drug-likeness (QED) is 0.802. The minimum Gasteiger partial charge on any atom is -0.339 e. The van der Waals surface area contributed by atoms with Gasteiger partial charge in [-0.2, -0.15) is 0 Å². The lowest BCUT2D eigenvalue weighted by Gasteiger charge is -1.98. The highest BCUT2D eigenvalue weighted by Crippen LogP contribution is 2.19. The van der Waals surface area contributed by atoms with Crippen molar-refractivity contribution in [3.63, 3.8) is 0 Å². The molecule has 16 heavy (non-hydrogen) atoms. The van der Waals surface area contributed by atoms with Gasteiger partial charge < -0.3 is 10.3 Å². The molecule has 1 fully saturated rings. The molecule has 0 amide bonds. The van der Waals surface area contributed by atoms with Crippen LogP contribution in [0, 0.1) is 0 Å². The molecule has 1 aliphatic rings. The van der Waals surface area contributed by atoms with E-state index in [1.54, 1.807) is 6.20 Å². The van der Waals surface area contributed by atoms with E-state index >= 15 is 0 Å². The Kier molecular flexibility index (Phi) is 2.38. The first kappa shape index (κ1) is 9.47. The van der Waals surface area contributed by atoms with Gasteiger partial charge in [0.1, 0.15) is 12.0 Å². The number of aromatic nitrogens is 4. The molecular weight excluding hydrogens is 202 g/mol. The van der Waals surface area contributed by atoms with Crippen molar-refractivity contribution in [2.24, 2.45) is 0 Å². The molecule has 2 N–H and O–H groups in total. The summed E-state index contributed by atoms with van der Waals surface area (Å²) >= 11 is 0. The summed E-state index contributed by atoms with van der Waals surface area (Å²) in [6.45, 7) is 0.850. The van der Waals surface area contributed by atoms with Crippen molar-refractivity contribution < 1.29 is 0 Å². The van der Waals surface area contributed by atoms with Crippen LogP contribution in [0.5, 0.6) is 0 Å².